The van der Waals surface area contributed by atoms with Gasteiger partial charge >= 0.3 is 0 Å². The van der Waals surface area contributed by atoms with Crippen LogP contribution in [0.15, 0.2) is 66.9 Å². The minimum Gasteiger partial charge on any atom is -0.354 e. The molecule has 1 heterocycles. The summed E-state index contributed by atoms with van der Waals surface area (Å²) >= 11 is 5.95. The number of nitrogens with zero attached hydrogens (tertiary/aromatic N) is 2. The summed E-state index contributed by atoms with van der Waals surface area (Å²) in [7, 11) is 0. The number of rotatable bonds is 4. The Kier molecular flexibility index (Phi) is 4.93. The molecule has 0 spiro atoms. The molecule has 3 rings (SSSR count). The summed E-state index contributed by atoms with van der Waals surface area (Å²) in [6, 6.07) is 19.4. The van der Waals surface area contributed by atoms with Crippen LogP contribution >= 0.6 is 11.6 Å². The first-order chi connectivity index (χ1) is 12.1. The van der Waals surface area contributed by atoms with Gasteiger partial charge in [-0.3, -0.25) is 4.79 Å². The molecular formula is C19H13ClN4O. The van der Waals surface area contributed by atoms with E-state index in [2.05, 4.69) is 15.6 Å². The molecule has 0 bridgehead atoms. The first-order valence-corrected chi connectivity index (χ1v) is 7.82. The lowest BCUT2D eigenvalue weighted by molar-refractivity contribution is 0.102. The summed E-state index contributed by atoms with van der Waals surface area (Å²) in [5.74, 6) is -0.320. The third-order valence-corrected chi connectivity index (χ3v) is 3.62. The van der Waals surface area contributed by atoms with E-state index >= 15 is 0 Å². The van der Waals surface area contributed by atoms with E-state index in [4.69, 9.17) is 16.9 Å². The van der Waals surface area contributed by atoms with Crippen LogP contribution in [0.25, 0.3) is 0 Å². The maximum Gasteiger partial charge on any atom is 0.274 e. The van der Waals surface area contributed by atoms with Gasteiger partial charge in [0.2, 0.25) is 0 Å². The van der Waals surface area contributed by atoms with Gasteiger partial charge in [-0.25, -0.2) is 4.98 Å². The van der Waals surface area contributed by atoms with E-state index in [-0.39, 0.29) is 5.91 Å². The lowest BCUT2D eigenvalue weighted by atomic mass is 10.2. The highest BCUT2D eigenvalue weighted by molar-refractivity contribution is 6.30. The maximum absolute atomic E-state index is 12.2. The van der Waals surface area contributed by atoms with E-state index in [1.54, 1.807) is 54.7 Å². The zero-order valence-corrected chi connectivity index (χ0v) is 13.8. The fraction of sp³-hybridized carbons (Fsp3) is 0. The molecule has 5 nitrogen and oxygen atoms in total. The smallest absolute Gasteiger partial charge is 0.274 e. The molecule has 0 saturated carbocycles. The van der Waals surface area contributed by atoms with Gasteiger partial charge in [-0.2, -0.15) is 5.26 Å². The summed E-state index contributed by atoms with van der Waals surface area (Å²) < 4.78 is 0. The van der Waals surface area contributed by atoms with Gasteiger partial charge in [0.1, 0.15) is 5.69 Å². The summed E-state index contributed by atoms with van der Waals surface area (Å²) in [6.45, 7) is 0. The Morgan fingerprint density at radius 2 is 1.76 bits per heavy atom. The molecule has 0 radical (unpaired) electrons. The number of aromatic nitrogens is 1. The Labute approximate surface area is 149 Å². The quantitative estimate of drug-likeness (QED) is 0.722. The van der Waals surface area contributed by atoms with Crippen LogP contribution < -0.4 is 10.6 Å². The number of pyridine rings is 1. The summed E-state index contributed by atoms with van der Waals surface area (Å²) in [6.07, 6.45) is 1.58. The number of hydrogen-bond donors (Lipinski definition) is 2. The summed E-state index contributed by atoms with van der Waals surface area (Å²) in [5, 5.41) is 15.3. The third-order valence-electron chi connectivity index (χ3n) is 3.38. The molecule has 0 aliphatic carbocycles. The molecular weight excluding hydrogens is 336 g/mol. The average Bonchev–Trinajstić information content (AvgIpc) is 2.63. The molecule has 0 aliphatic rings. The summed E-state index contributed by atoms with van der Waals surface area (Å²) in [4.78, 5) is 16.4. The molecule has 0 atom stereocenters. The molecule has 0 unspecified atom stereocenters. The van der Waals surface area contributed by atoms with Crippen molar-refractivity contribution >= 4 is 34.6 Å². The first kappa shape index (κ1) is 16.5. The standard InChI is InChI=1S/C19H13ClN4O/c20-14-2-1-3-16(10-14)23-17-8-9-18(22-12-17)19(25)24-15-6-4-13(11-21)5-7-15/h1-10,12,23H,(H,24,25). The fourth-order valence-corrected chi connectivity index (χ4v) is 2.35. The van der Waals surface area contributed by atoms with Crippen molar-refractivity contribution in [3.63, 3.8) is 0 Å². The monoisotopic (exact) mass is 348 g/mol. The van der Waals surface area contributed by atoms with Gasteiger partial charge in [0, 0.05) is 16.4 Å². The Morgan fingerprint density at radius 3 is 2.40 bits per heavy atom. The van der Waals surface area contributed by atoms with Gasteiger partial charge in [-0.05, 0) is 54.6 Å². The van der Waals surface area contributed by atoms with Crippen molar-refractivity contribution in [2.24, 2.45) is 0 Å². The highest BCUT2D eigenvalue weighted by atomic mass is 35.5. The van der Waals surface area contributed by atoms with Crippen molar-refractivity contribution in [1.29, 1.82) is 5.26 Å². The van der Waals surface area contributed by atoms with E-state index in [1.807, 2.05) is 18.2 Å². The van der Waals surface area contributed by atoms with Crippen LogP contribution in [0.4, 0.5) is 17.1 Å². The zero-order valence-electron chi connectivity index (χ0n) is 13.0. The van der Waals surface area contributed by atoms with Crippen molar-refractivity contribution in [2.75, 3.05) is 10.6 Å². The normalized spacial score (nSPS) is 9.92. The van der Waals surface area contributed by atoms with Crippen molar-refractivity contribution in [3.8, 4) is 6.07 Å². The van der Waals surface area contributed by atoms with Crippen molar-refractivity contribution in [1.82, 2.24) is 4.98 Å². The van der Waals surface area contributed by atoms with Crippen molar-refractivity contribution in [2.45, 2.75) is 0 Å². The third kappa shape index (κ3) is 4.34. The lowest BCUT2D eigenvalue weighted by Gasteiger charge is -2.08. The minimum atomic E-state index is -0.320. The van der Waals surface area contributed by atoms with Crippen LogP contribution in [0, 0.1) is 11.3 Å². The number of carbonyl (C=O) groups is 1. The number of nitrogens with one attached hydrogen (secondary N) is 2. The minimum absolute atomic E-state index is 0.293. The molecule has 6 heteroatoms. The van der Waals surface area contributed by atoms with Gasteiger partial charge < -0.3 is 10.6 Å². The second-order valence-electron chi connectivity index (χ2n) is 5.21. The largest absolute Gasteiger partial charge is 0.354 e. The Morgan fingerprint density at radius 1 is 1.00 bits per heavy atom. The van der Waals surface area contributed by atoms with E-state index in [1.165, 1.54) is 0 Å². The van der Waals surface area contributed by atoms with Gasteiger partial charge in [0.05, 0.1) is 23.5 Å². The van der Waals surface area contributed by atoms with E-state index in [0.29, 0.717) is 22.0 Å². The molecule has 0 fully saturated rings. The molecule has 2 aromatic carbocycles. The average molecular weight is 349 g/mol. The van der Waals surface area contributed by atoms with E-state index < -0.39 is 0 Å². The van der Waals surface area contributed by atoms with Crippen LogP contribution in [-0.4, -0.2) is 10.9 Å². The topological polar surface area (TPSA) is 77.8 Å². The predicted octanol–water partition coefficient (Wildman–Crippen LogP) is 4.60. The van der Waals surface area contributed by atoms with E-state index in [9.17, 15) is 4.79 Å². The molecule has 1 amide bonds. The van der Waals surface area contributed by atoms with Crippen molar-refractivity contribution < 1.29 is 4.79 Å². The van der Waals surface area contributed by atoms with Gasteiger partial charge in [-0.15, -0.1) is 0 Å². The molecule has 122 valence electrons. The number of carbonyl (C=O) groups excluding carboxylic acids is 1. The number of halogens is 1. The SMILES string of the molecule is N#Cc1ccc(NC(=O)c2ccc(Nc3cccc(Cl)c3)cn2)cc1. The zero-order chi connectivity index (χ0) is 17.6. The Balaban J connectivity index is 1.66. The summed E-state index contributed by atoms with van der Waals surface area (Å²) in [5.41, 5.74) is 3.02. The highest BCUT2D eigenvalue weighted by Crippen LogP contribution is 2.20. The molecule has 0 aliphatic heterocycles. The van der Waals surface area contributed by atoms with Gasteiger partial charge in [-0.1, -0.05) is 17.7 Å². The number of anilines is 3. The molecule has 1 aromatic heterocycles. The Hall–Kier alpha value is -3.36. The number of benzene rings is 2. The van der Waals surface area contributed by atoms with Crippen LogP contribution in [0.5, 0.6) is 0 Å². The van der Waals surface area contributed by atoms with Crippen molar-refractivity contribution in [3.05, 3.63) is 83.1 Å². The van der Waals surface area contributed by atoms with Crippen LogP contribution in [0.3, 0.4) is 0 Å². The van der Waals surface area contributed by atoms with E-state index in [0.717, 1.165) is 11.4 Å². The highest BCUT2D eigenvalue weighted by Gasteiger charge is 2.08. The van der Waals surface area contributed by atoms with Crippen LogP contribution in [0.1, 0.15) is 16.1 Å². The molecule has 0 saturated heterocycles. The van der Waals surface area contributed by atoms with Crippen LogP contribution in [-0.2, 0) is 0 Å². The Bertz CT molecular complexity index is 931. The second-order valence-corrected chi connectivity index (χ2v) is 5.65. The first-order valence-electron chi connectivity index (χ1n) is 7.44. The predicted molar refractivity (Wildman–Crippen MR) is 98.1 cm³/mol. The van der Waals surface area contributed by atoms with Crippen LogP contribution in [0.2, 0.25) is 5.02 Å². The molecule has 2 N–H and O–H groups in total. The van der Waals surface area contributed by atoms with Gasteiger partial charge in [0.15, 0.2) is 0 Å². The number of amides is 1. The number of hydrogen-bond acceptors (Lipinski definition) is 4. The fourth-order valence-electron chi connectivity index (χ4n) is 2.16. The lowest BCUT2D eigenvalue weighted by Crippen LogP contribution is -2.13. The second kappa shape index (κ2) is 7.47. The molecule has 3 aromatic rings. The number of nitriles is 1. The molecule has 25 heavy (non-hydrogen) atoms. The van der Waals surface area contributed by atoms with Gasteiger partial charge in [0.25, 0.3) is 5.91 Å². The maximum atomic E-state index is 12.2.